The van der Waals surface area contributed by atoms with Gasteiger partial charge in [0.2, 0.25) is 0 Å². The van der Waals surface area contributed by atoms with Crippen LogP contribution < -0.4 is 0 Å². The highest BCUT2D eigenvalue weighted by Gasteiger charge is 2.30. The number of unbranched alkanes of at least 4 members (excludes halogenated alkanes) is 4. The summed E-state index contributed by atoms with van der Waals surface area (Å²) in [7, 11) is 0. The maximum Gasteiger partial charge on any atom is 0.182 e. The van der Waals surface area contributed by atoms with Gasteiger partial charge < -0.3 is 5.21 Å². The van der Waals surface area contributed by atoms with Gasteiger partial charge in [-0.15, -0.1) is 6.58 Å². The molecule has 0 saturated heterocycles. The Labute approximate surface area is 129 Å². The lowest BCUT2D eigenvalue weighted by molar-refractivity contribution is -0.541. The van der Waals surface area contributed by atoms with Gasteiger partial charge in [-0.2, -0.15) is 0 Å². The molecule has 0 aliphatic heterocycles. The fourth-order valence-electron chi connectivity index (χ4n) is 2.55. The molecule has 2 nitrogen and oxygen atoms in total. The molecule has 116 valence electrons. The van der Waals surface area contributed by atoms with Crippen molar-refractivity contribution in [2.24, 2.45) is 0 Å². The first-order valence-electron chi connectivity index (χ1n) is 8.09. The summed E-state index contributed by atoms with van der Waals surface area (Å²) in [5.74, 6) is 0. The summed E-state index contributed by atoms with van der Waals surface area (Å²) in [6.07, 6.45) is 11.3. The maximum absolute atomic E-state index is 12.6. The lowest BCUT2D eigenvalue weighted by Gasteiger charge is -2.27. The topological polar surface area (TPSA) is 26.1 Å². The van der Waals surface area contributed by atoms with E-state index in [0.29, 0.717) is 6.42 Å². The van der Waals surface area contributed by atoms with Crippen LogP contribution in [0.2, 0.25) is 0 Å². The van der Waals surface area contributed by atoms with Gasteiger partial charge in [-0.25, -0.2) is 4.74 Å². The molecule has 1 rings (SSSR count). The Morgan fingerprint density at radius 1 is 1.14 bits per heavy atom. The number of hydrogen-bond donors (Lipinski definition) is 0. The Balaban J connectivity index is 2.69. The molecule has 0 heterocycles. The van der Waals surface area contributed by atoms with Crippen LogP contribution in [0.25, 0.3) is 0 Å². The van der Waals surface area contributed by atoms with Crippen molar-refractivity contribution in [2.45, 2.75) is 64.3 Å². The molecule has 1 aromatic rings. The highest BCUT2D eigenvalue weighted by atomic mass is 16.5. The van der Waals surface area contributed by atoms with E-state index in [1.165, 1.54) is 25.7 Å². The zero-order chi connectivity index (χ0) is 15.6. The van der Waals surface area contributed by atoms with Crippen molar-refractivity contribution in [3.8, 4) is 0 Å². The second-order valence-electron chi connectivity index (χ2n) is 6.02. The molecule has 0 aliphatic carbocycles. The Kier molecular flexibility index (Phi) is 7.81. The quantitative estimate of drug-likeness (QED) is 0.143. The molecule has 2 heteroatoms. The molecular weight excluding hydrogens is 258 g/mol. The zero-order valence-electron chi connectivity index (χ0n) is 13.6. The van der Waals surface area contributed by atoms with Crippen molar-refractivity contribution >= 4 is 6.21 Å². The average molecular weight is 287 g/mol. The SMILES string of the molecule is C=CCC(C)(CCCCCCC)/[N+]([O-])=C/c1ccccc1. The van der Waals surface area contributed by atoms with Gasteiger partial charge in [0.15, 0.2) is 11.8 Å². The lowest BCUT2D eigenvalue weighted by atomic mass is 9.90. The van der Waals surface area contributed by atoms with E-state index >= 15 is 0 Å². The second kappa shape index (κ2) is 9.38. The lowest BCUT2D eigenvalue weighted by Crippen LogP contribution is -2.36. The van der Waals surface area contributed by atoms with Crippen LogP contribution in [-0.2, 0) is 0 Å². The zero-order valence-corrected chi connectivity index (χ0v) is 13.6. The van der Waals surface area contributed by atoms with Crippen molar-refractivity contribution in [1.82, 2.24) is 0 Å². The molecule has 0 spiro atoms. The first-order chi connectivity index (χ1) is 10.1. The predicted octanol–water partition coefficient (Wildman–Crippen LogP) is 5.31. The molecule has 1 atom stereocenters. The van der Waals surface area contributed by atoms with Crippen LogP contribution in [-0.4, -0.2) is 16.5 Å². The van der Waals surface area contributed by atoms with E-state index in [2.05, 4.69) is 13.5 Å². The van der Waals surface area contributed by atoms with Gasteiger partial charge in [-0.3, -0.25) is 0 Å². The van der Waals surface area contributed by atoms with Gasteiger partial charge in [-0.05, 0) is 18.6 Å². The molecule has 0 bridgehead atoms. The summed E-state index contributed by atoms with van der Waals surface area (Å²) >= 11 is 0. The fraction of sp³-hybridized carbons (Fsp3) is 0.526. The van der Waals surface area contributed by atoms with E-state index < -0.39 is 0 Å². The van der Waals surface area contributed by atoms with Gasteiger partial charge in [-0.1, -0.05) is 56.9 Å². The van der Waals surface area contributed by atoms with Gasteiger partial charge in [0.05, 0.1) is 0 Å². The molecule has 0 fully saturated rings. The van der Waals surface area contributed by atoms with Gasteiger partial charge in [0, 0.05) is 25.3 Å². The summed E-state index contributed by atoms with van der Waals surface area (Å²) in [6, 6.07) is 9.79. The third kappa shape index (κ3) is 6.16. The van der Waals surface area contributed by atoms with Crippen LogP contribution in [0.1, 0.15) is 64.4 Å². The van der Waals surface area contributed by atoms with Crippen molar-refractivity contribution < 1.29 is 4.74 Å². The summed E-state index contributed by atoms with van der Waals surface area (Å²) < 4.78 is 1.13. The largest absolute Gasteiger partial charge is 0.623 e. The van der Waals surface area contributed by atoms with Gasteiger partial charge in [0.25, 0.3) is 0 Å². The molecule has 21 heavy (non-hydrogen) atoms. The highest BCUT2D eigenvalue weighted by Crippen LogP contribution is 2.23. The van der Waals surface area contributed by atoms with Gasteiger partial charge >= 0.3 is 0 Å². The summed E-state index contributed by atoms with van der Waals surface area (Å²) in [6.45, 7) is 8.07. The van der Waals surface area contributed by atoms with Crippen molar-refractivity contribution in [2.75, 3.05) is 0 Å². The molecule has 0 N–H and O–H groups in total. The van der Waals surface area contributed by atoms with E-state index in [0.717, 1.165) is 23.1 Å². The minimum absolute atomic E-state index is 0.385. The summed E-state index contributed by atoms with van der Waals surface area (Å²) in [4.78, 5) is 0. The summed E-state index contributed by atoms with van der Waals surface area (Å²) in [5.41, 5.74) is 0.567. The molecule has 0 aliphatic rings. The minimum Gasteiger partial charge on any atom is -0.623 e. The van der Waals surface area contributed by atoms with Crippen LogP contribution in [0.4, 0.5) is 0 Å². The molecule has 0 saturated carbocycles. The standard InChI is InChI=1S/C19H29NO/c1-4-6-7-8-12-16-19(3,15-5-2)20(21)17-18-13-10-9-11-14-18/h5,9-11,13-14,17H,2,4,6-8,12,15-16H2,1,3H3/b20-17-. The number of hydrogen-bond acceptors (Lipinski definition) is 1. The number of benzene rings is 1. The normalized spacial score (nSPS) is 14.7. The first-order valence-corrected chi connectivity index (χ1v) is 8.09. The van der Waals surface area contributed by atoms with E-state index in [-0.39, 0.29) is 5.54 Å². The van der Waals surface area contributed by atoms with Crippen LogP contribution in [0.3, 0.4) is 0 Å². The Morgan fingerprint density at radius 3 is 2.43 bits per heavy atom. The second-order valence-corrected chi connectivity index (χ2v) is 6.02. The number of rotatable bonds is 10. The van der Waals surface area contributed by atoms with Gasteiger partial charge in [0.1, 0.15) is 0 Å². The van der Waals surface area contributed by atoms with Crippen LogP contribution in [0.5, 0.6) is 0 Å². The molecular formula is C19H29NO. The van der Waals surface area contributed by atoms with Crippen LogP contribution in [0, 0.1) is 5.21 Å². The van der Waals surface area contributed by atoms with Crippen LogP contribution >= 0.6 is 0 Å². The van der Waals surface area contributed by atoms with Crippen molar-refractivity contribution in [3.63, 3.8) is 0 Å². The average Bonchev–Trinajstić information content (AvgIpc) is 2.48. The van der Waals surface area contributed by atoms with E-state index in [9.17, 15) is 5.21 Å². The predicted molar refractivity (Wildman–Crippen MR) is 91.8 cm³/mol. The summed E-state index contributed by atoms with van der Waals surface area (Å²) in [5, 5.41) is 12.6. The maximum atomic E-state index is 12.6. The van der Waals surface area contributed by atoms with Crippen molar-refractivity contribution in [1.29, 1.82) is 0 Å². The third-order valence-corrected chi connectivity index (χ3v) is 4.00. The first kappa shape index (κ1) is 17.5. The molecule has 1 unspecified atom stereocenters. The Morgan fingerprint density at radius 2 is 1.81 bits per heavy atom. The number of nitrogens with zero attached hydrogens (tertiary/aromatic N) is 1. The van der Waals surface area contributed by atoms with E-state index in [1.807, 2.05) is 43.3 Å². The van der Waals surface area contributed by atoms with E-state index in [1.54, 1.807) is 6.21 Å². The molecule has 0 amide bonds. The minimum atomic E-state index is -0.385. The van der Waals surface area contributed by atoms with Crippen LogP contribution in [0.15, 0.2) is 43.0 Å². The van der Waals surface area contributed by atoms with E-state index in [4.69, 9.17) is 0 Å². The monoisotopic (exact) mass is 287 g/mol. The highest BCUT2D eigenvalue weighted by molar-refractivity contribution is 5.75. The van der Waals surface area contributed by atoms with Crippen molar-refractivity contribution in [3.05, 3.63) is 53.8 Å². The number of hydroxylamine groups is 1. The Hall–Kier alpha value is -1.57. The molecule has 0 aromatic heterocycles. The Bertz CT molecular complexity index is 438. The smallest absolute Gasteiger partial charge is 0.182 e. The molecule has 1 aromatic carbocycles. The fourth-order valence-corrected chi connectivity index (χ4v) is 2.55. The molecule has 0 radical (unpaired) electrons. The third-order valence-electron chi connectivity index (χ3n) is 4.00.